The smallest absolute Gasteiger partial charge is 0.213 e. The molecule has 1 aliphatic carbocycles. The van der Waals surface area contributed by atoms with Gasteiger partial charge >= 0.3 is 0 Å². The highest BCUT2D eigenvalue weighted by Gasteiger charge is 2.33. The molecule has 1 aromatic carbocycles. The second kappa shape index (κ2) is 8.31. The zero-order chi connectivity index (χ0) is 16.7. The van der Waals surface area contributed by atoms with Crippen molar-refractivity contribution in [2.24, 2.45) is 10.9 Å². The van der Waals surface area contributed by atoms with Gasteiger partial charge in [-0.15, -0.1) is 0 Å². The highest BCUT2D eigenvalue weighted by atomic mass is 32.2. The molecule has 0 aliphatic heterocycles. The summed E-state index contributed by atoms with van der Waals surface area (Å²) in [5, 5.41) is 6.45. The summed E-state index contributed by atoms with van der Waals surface area (Å²) >= 11 is 0. The average Bonchev–Trinajstić information content (AvgIpc) is 3.21. The summed E-state index contributed by atoms with van der Waals surface area (Å²) in [6.07, 6.45) is 1.14. The van der Waals surface area contributed by atoms with Gasteiger partial charge in [-0.3, -0.25) is 4.99 Å². The zero-order valence-corrected chi connectivity index (χ0v) is 14.6. The number of nitrogens with zero attached hydrogens (tertiary/aromatic N) is 1. The van der Waals surface area contributed by atoms with Crippen LogP contribution in [0.5, 0.6) is 0 Å². The van der Waals surface area contributed by atoms with E-state index in [4.69, 9.17) is 0 Å². The Bertz CT molecular complexity index is 616. The van der Waals surface area contributed by atoms with Gasteiger partial charge in [0, 0.05) is 19.1 Å². The van der Waals surface area contributed by atoms with Crippen molar-refractivity contribution in [3.63, 3.8) is 0 Å². The molecular formula is C16H26N4O2S. The van der Waals surface area contributed by atoms with Crippen molar-refractivity contribution in [3.8, 4) is 0 Å². The van der Waals surface area contributed by atoms with Gasteiger partial charge in [-0.25, -0.2) is 13.1 Å². The van der Waals surface area contributed by atoms with E-state index >= 15 is 0 Å². The first kappa shape index (κ1) is 17.7. The first-order valence-electron chi connectivity index (χ1n) is 8.06. The Hall–Kier alpha value is -1.60. The molecule has 1 aliphatic rings. The van der Waals surface area contributed by atoms with Crippen molar-refractivity contribution in [2.45, 2.75) is 32.9 Å². The molecule has 0 heterocycles. The fourth-order valence-corrected chi connectivity index (χ4v) is 3.02. The summed E-state index contributed by atoms with van der Waals surface area (Å²) in [6, 6.07) is 9.93. The molecule has 0 bridgehead atoms. The molecule has 2 atom stereocenters. The largest absolute Gasteiger partial charge is 0.357 e. The third kappa shape index (κ3) is 6.58. The van der Waals surface area contributed by atoms with Gasteiger partial charge < -0.3 is 10.6 Å². The van der Waals surface area contributed by atoms with Crippen LogP contribution in [0.3, 0.4) is 0 Å². The summed E-state index contributed by atoms with van der Waals surface area (Å²) < 4.78 is 26.6. The Morgan fingerprint density at radius 1 is 1.30 bits per heavy atom. The summed E-state index contributed by atoms with van der Waals surface area (Å²) in [6.45, 7) is 5.47. The maximum Gasteiger partial charge on any atom is 0.213 e. The van der Waals surface area contributed by atoms with Crippen molar-refractivity contribution in [1.82, 2.24) is 15.4 Å². The number of rotatable bonds is 8. The van der Waals surface area contributed by atoms with E-state index in [2.05, 4.69) is 27.3 Å². The lowest BCUT2D eigenvalue weighted by Gasteiger charge is -2.11. The van der Waals surface area contributed by atoms with E-state index in [1.807, 2.05) is 37.3 Å². The van der Waals surface area contributed by atoms with Gasteiger partial charge in [0.1, 0.15) is 0 Å². The highest BCUT2D eigenvalue weighted by molar-refractivity contribution is 7.89. The van der Waals surface area contributed by atoms with E-state index in [0.29, 0.717) is 24.5 Å². The Balaban J connectivity index is 1.78. The van der Waals surface area contributed by atoms with Gasteiger partial charge in [-0.2, -0.15) is 0 Å². The molecule has 0 amide bonds. The van der Waals surface area contributed by atoms with Gasteiger partial charge in [0.15, 0.2) is 5.96 Å². The molecule has 6 nitrogen and oxygen atoms in total. The zero-order valence-electron chi connectivity index (χ0n) is 13.7. The Labute approximate surface area is 138 Å². The fraction of sp³-hybridized carbons (Fsp3) is 0.562. The lowest BCUT2D eigenvalue weighted by atomic mass is 10.2. The van der Waals surface area contributed by atoms with Crippen LogP contribution in [0.25, 0.3) is 0 Å². The third-order valence-corrected chi connectivity index (χ3v) is 5.05. The monoisotopic (exact) mass is 338 g/mol. The molecule has 3 N–H and O–H groups in total. The number of aliphatic imine (C=N–C) groups is 1. The summed E-state index contributed by atoms with van der Waals surface area (Å²) in [5.41, 5.74) is 0.942. The predicted molar refractivity (Wildman–Crippen MR) is 93.8 cm³/mol. The van der Waals surface area contributed by atoms with Gasteiger partial charge in [0.05, 0.1) is 12.3 Å². The molecule has 1 saturated carbocycles. The Morgan fingerprint density at radius 2 is 2.00 bits per heavy atom. The van der Waals surface area contributed by atoms with E-state index in [1.165, 1.54) is 0 Å². The van der Waals surface area contributed by atoms with Crippen LogP contribution in [0, 0.1) is 5.92 Å². The molecule has 2 unspecified atom stereocenters. The van der Waals surface area contributed by atoms with E-state index < -0.39 is 10.0 Å². The summed E-state index contributed by atoms with van der Waals surface area (Å²) in [4.78, 5) is 4.34. The second-order valence-electron chi connectivity index (χ2n) is 5.85. The van der Waals surface area contributed by atoms with Crippen LogP contribution >= 0.6 is 0 Å². The minimum atomic E-state index is -3.33. The molecule has 1 aromatic rings. The topological polar surface area (TPSA) is 82.6 Å². The molecule has 0 aromatic heterocycles. The first-order valence-corrected chi connectivity index (χ1v) is 9.71. The van der Waals surface area contributed by atoms with E-state index in [0.717, 1.165) is 18.5 Å². The number of benzene rings is 1. The van der Waals surface area contributed by atoms with Crippen molar-refractivity contribution >= 4 is 16.0 Å². The van der Waals surface area contributed by atoms with Gasteiger partial charge in [-0.1, -0.05) is 37.3 Å². The minimum Gasteiger partial charge on any atom is -0.357 e. The van der Waals surface area contributed by atoms with E-state index in [1.54, 1.807) is 0 Å². The van der Waals surface area contributed by atoms with Crippen LogP contribution in [0.1, 0.15) is 25.8 Å². The Kier molecular flexibility index (Phi) is 6.41. The van der Waals surface area contributed by atoms with Gasteiger partial charge in [-0.05, 0) is 24.8 Å². The average molecular weight is 338 g/mol. The van der Waals surface area contributed by atoms with Crippen LogP contribution in [-0.2, 0) is 16.6 Å². The van der Waals surface area contributed by atoms with Crippen molar-refractivity contribution < 1.29 is 8.42 Å². The maximum atomic E-state index is 12.0. The first-order chi connectivity index (χ1) is 11.0. The SMILES string of the molecule is CCNC(=NCCS(=O)(=O)NCc1ccccc1)NC1CC1C. The Morgan fingerprint density at radius 3 is 2.61 bits per heavy atom. The molecular weight excluding hydrogens is 312 g/mol. The van der Waals surface area contributed by atoms with Crippen molar-refractivity contribution in [3.05, 3.63) is 35.9 Å². The predicted octanol–water partition coefficient (Wildman–Crippen LogP) is 1.07. The molecule has 23 heavy (non-hydrogen) atoms. The van der Waals surface area contributed by atoms with Crippen LogP contribution in [0.2, 0.25) is 0 Å². The standard InChI is InChI=1S/C16H26N4O2S/c1-3-17-16(20-15-11-13(15)2)18-9-10-23(21,22)19-12-14-7-5-4-6-8-14/h4-8,13,15,19H,3,9-12H2,1-2H3,(H2,17,18,20). The number of nitrogens with one attached hydrogen (secondary N) is 3. The summed E-state index contributed by atoms with van der Waals surface area (Å²) in [5.74, 6) is 1.34. The molecule has 2 rings (SSSR count). The van der Waals surface area contributed by atoms with E-state index in [-0.39, 0.29) is 12.3 Å². The maximum absolute atomic E-state index is 12.0. The fourth-order valence-electron chi connectivity index (χ4n) is 2.16. The quantitative estimate of drug-likeness (QED) is 0.489. The molecule has 0 radical (unpaired) electrons. The van der Waals surface area contributed by atoms with Crippen LogP contribution < -0.4 is 15.4 Å². The highest BCUT2D eigenvalue weighted by Crippen LogP contribution is 2.28. The lowest BCUT2D eigenvalue weighted by Crippen LogP contribution is -2.39. The van der Waals surface area contributed by atoms with Crippen LogP contribution in [0.15, 0.2) is 35.3 Å². The number of hydrogen-bond donors (Lipinski definition) is 3. The number of guanidine groups is 1. The molecule has 0 saturated heterocycles. The van der Waals surface area contributed by atoms with Crippen LogP contribution in [-0.4, -0.2) is 39.3 Å². The number of hydrogen-bond acceptors (Lipinski definition) is 3. The molecule has 0 spiro atoms. The van der Waals surface area contributed by atoms with Crippen molar-refractivity contribution in [2.75, 3.05) is 18.8 Å². The normalized spacial score (nSPS) is 21.0. The second-order valence-corrected chi connectivity index (χ2v) is 7.78. The van der Waals surface area contributed by atoms with Crippen molar-refractivity contribution in [1.29, 1.82) is 0 Å². The number of sulfonamides is 1. The molecule has 7 heteroatoms. The minimum absolute atomic E-state index is 0.0172. The van der Waals surface area contributed by atoms with Gasteiger partial charge in [0.25, 0.3) is 0 Å². The molecule has 1 fully saturated rings. The summed E-state index contributed by atoms with van der Waals surface area (Å²) in [7, 11) is -3.33. The van der Waals surface area contributed by atoms with Crippen LogP contribution in [0.4, 0.5) is 0 Å². The third-order valence-electron chi connectivity index (χ3n) is 3.74. The molecule has 128 valence electrons. The van der Waals surface area contributed by atoms with Gasteiger partial charge in [0.2, 0.25) is 10.0 Å². The van der Waals surface area contributed by atoms with E-state index in [9.17, 15) is 8.42 Å². The lowest BCUT2D eigenvalue weighted by molar-refractivity contribution is 0.581.